The third-order valence-electron chi connectivity index (χ3n) is 3.69. The van der Waals surface area contributed by atoms with Crippen molar-refractivity contribution in [3.05, 3.63) is 29.3 Å². The zero-order valence-electron chi connectivity index (χ0n) is 10.4. The van der Waals surface area contributed by atoms with Gasteiger partial charge in [-0.1, -0.05) is 6.07 Å². The quantitative estimate of drug-likeness (QED) is 0.734. The van der Waals surface area contributed by atoms with Gasteiger partial charge in [-0.25, -0.2) is 0 Å². The Morgan fingerprint density at radius 3 is 2.81 bits per heavy atom. The smallest absolute Gasteiger partial charge is 0.0316 e. The standard InChI is InChI=1S/C14H22N2/c1-11-10-13(15)5-6-14(11)12-4-3-8-16(2)9-7-12/h5-6,10,12H,3-4,7-9,15H2,1-2H3. The molecule has 2 N–H and O–H groups in total. The summed E-state index contributed by atoms with van der Waals surface area (Å²) in [5.41, 5.74) is 9.54. The van der Waals surface area contributed by atoms with Crippen molar-refractivity contribution < 1.29 is 0 Å². The summed E-state index contributed by atoms with van der Waals surface area (Å²) in [7, 11) is 2.22. The van der Waals surface area contributed by atoms with Gasteiger partial charge in [-0.2, -0.15) is 0 Å². The van der Waals surface area contributed by atoms with Crippen LogP contribution in [0.25, 0.3) is 0 Å². The molecule has 0 amide bonds. The predicted octanol–water partition coefficient (Wildman–Crippen LogP) is 2.78. The van der Waals surface area contributed by atoms with Crippen LogP contribution >= 0.6 is 0 Å². The van der Waals surface area contributed by atoms with Crippen LogP contribution in [0.1, 0.15) is 36.3 Å². The van der Waals surface area contributed by atoms with Crippen molar-refractivity contribution in [1.29, 1.82) is 0 Å². The maximum atomic E-state index is 5.80. The lowest BCUT2D eigenvalue weighted by Gasteiger charge is -2.18. The first kappa shape index (κ1) is 11.5. The molecule has 1 unspecified atom stereocenters. The molecule has 1 aromatic rings. The van der Waals surface area contributed by atoms with E-state index in [1.165, 1.54) is 43.5 Å². The summed E-state index contributed by atoms with van der Waals surface area (Å²) in [4.78, 5) is 2.44. The normalized spacial score (nSPS) is 23.0. The Balaban J connectivity index is 2.16. The lowest BCUT2D eigenvalue weighted by Crippen LogP contribution is -2.18. The highest BCUT2D eigenvalue weighted by atomic mass is 15.1. The maximum absolute atomic E-state index is 5.80. The van der Waals surface area contributed by atoms with Crippen molar-refractivity contribution in [2.24, 2.45) is 0 Å². The highest BCUT2D eigenvalue weighted by molar-refractivity contribution is 5.45. The molecule has 0 saturated carbocycles. The second kappa shape index (κ2) is 4.88. The number of hydrogen-bond acceptors (Lipinski definition) is 2. The Kier molecular flexibility index (Phi) is 3.49. The number of benzene rings is 1. The summed E-state index contributed by atoms with van der Waals surface area (Å²) in [6, 6.07) is 6.36. The van der Waals surface area contributed by atoms with E-state index in [0.29, 0.717) is 0 Å². The van der Waals surface area contributed by atoms with E-state index in [1.807, 2.05) is 6.07 Å². The van der Waals surface area contributed by atoms with Gasteiger partial charge >= 0.3 is 0 Å². The summed E-state index contributed by atoms with van der Waals surface area (Å²) < 4.78 is 0. The van der Waals surface area contributed by atoms with Gasteiger partial charge in [0.05, 0.1) is 0 Å². The van der Waals surface area contributed by atoms with Gasteiger partial charge in [0.2, 0.25) is 0 Å². The summed E-state index contributed by atoms with van der Waals surface area (Å²) in [5, 5.41) is 0. The molecule has 0 bridgehead atoms. The Labute approximate surface area is 98.4 Å². The molecule has 1 aromatic carbocycles. The maximum Gasteiger partial charge on any atom is 0.0316 e. The van der Waals surface area contributed by atoms with Crippen LogP contribution in [0.15, 0.2) is 18.2 Å². The Morgan fingerprint density at radius 1 is 1.25 bits per heavy atom. The molecule has 16 heavy (non-hydrogen) atoms. The SMILES string of the molecule is Cc1cc(N)ccc1C1CCCN(C)CC1. The van der Waals surface area contributed by atoms with Crippen molar-refractivity contribution in [3.63, 3.8) is 0 Å². The number of aryl methyl sites for hydroxylation is 1. The average Bonchev–Trinajstić information content (AvgIpc) is 2.43. The molecule has 1 saturated heterocycles. The molecule has 1 heterocycles. The van der Waals surface area contributed by atoms with Crippen molar-refractivity contribution in [2.75, 3.05) is 25.9 Å². The molecule has 2 nitrogen and oxygen atoms in total. The van der Waals surface area contributed by atoms with Crippen LogP contribution in [0.4, 0.5) is 5.69 Å². The first-order valence-electron chi connectivity index (χ1n) is 6.21. The van der Waals surface area contributed by atoms with Gasteiger partial charge in [-0.3, -0.25) is 0 Å². The highest BCUT2D eigenvalue weighted by Gasteiger charge is 2.17. The van der Waals surface area contributed by atoms with Gasteiger partial charge in [-0.15, -0.1) is 0 Å². The van der Waals surface area contributed by atoms with E-state index in [-0.39, 0.29) is 0 Å². The molecular weight excluding hydrogens is 196 g/mol. The highest BCUT2D eigenvalue weighted by Crippen LogP contribution is 2.30. The van der Waals surface area contributed by atoms with Crippen LogP contribution in [-0.4, -0.2) is 25.0 Å². The number of nitrogens with two attached hydrogens (primary N) is 1. The summed E-state index contributed by atoms with van der Waals surface area (Å²) in [5.74, 6) is 0.727. The van der Waals surface area contributed by atoms with E-state index in [2.05, 4.69) is 31.0 Å². The van der Waals surface area contributed by atoms with Gasteiger partial charge in [0.25, 0.3) is 0 Å². The van der Waals surface area contributed by atoms with Crippen LogP contribution in [0.5, 0.6) is 0 Å². The Hall–Kier alpha value is -1.02. The summed E-state index contributed by atoms with van der Waals surface area (Å²) in [6.07, 6.45) is 3.90. The van der Waals surface area contributed by atoms with Crippen molar-refractivity contribution in [2.45, 2.75) is 32.1 Å². The van der Waals surface area contributed by atoms with Crippen molar-refractivity contribution in [1.82, 2.24) is 4.90 Å². The fourth-order valence-electron chi connectivity index (χ4n) is 2.71. The fraction of sp³-hybridized carbons (Fsp3) is 0.571. The zero-order chi connectivity index (χ0) is 11.5. The second-order valence-electron chi connectivity index (χ2n) is 5.05. The van der Waals surface area contributed by atoms with Crippen LogP contribution in [-0.2, 0) is 0 Å². The van der Waals surface area contributed by atoms with Gasteiger partial charge in [0.15, 0.2) is 0 Å². The van der Waals surface area contributed by atoms with E-state index in [1.54, 1.807) is 0 Å². The molecule has 88 valence electrons. The van der Waals surface area contributed by atoms with Gasteiger partial charge in [0.1, 0.15) is 0 Å². The Bertz CT molecular complexity index is 360. The first-order valence-corrected chi connectivity index (χ1v) is 6.21. The lowest BCUT2D eigenvalue weighted by atomic mass is 9.89. The molecule has 0 spiro atoms. The molecule has 0 aromatic heterocycles. The predicted molar refractivity (Wildman–Crippen MR) is 69.7 cm³/mol. The van der Waals surface area contributed by atoms with E-state index < -0.39 is 0 Å². The molecule has 1 atom stereocenters. The topological polar surface area (TPSA) is 29.3 Å². The number of anilines is 1. The van der Waals surface area contributed by atoms with Crippen LogP contribution < -0.4 is 5.73 Å². The molecule has 1 aliphatic rings. The third kappa shape index (κ3) is 2.56. The van der Waals surface area contributed by atoms with E-state index in [0.717, 1.165) is 11.6 Å². The minimum absolute atomic E-state index is 0.727. The average molecular weight is 218 g/mol. The molecule has 1 fully saturated rings. The van der Waals surface area contributed by atoms with Crippen LogP contribution in [0.2, 0.25) is 0 Å². The van der Waals surface area contributed by atoms with E-state index in [9.17, 15) is 0 Å². The number of rotatable bonds is 1. The third-order valence-corrected chi connectivity index (χ3v) is 3.69. The van der Waals surface area contributed by atoms with Gasteiger partial charge in [0, 0.05) is 5.69 Å². The molecule has 2 heteroatoms. The molecule has 0 aliphatic carbocycles. The molecule has 1 aliphatic heterocycles. The number of nitrogen functional groups attached to an aromatic ring is 1. The van der Waals surface area contributed by atoms with Crippen molar-refractivity contribution in [3.8, 4) is 0 Å². The molecule has 2 rings (SSSR count). The molecular formula is C14H22N2. The largest absolute Gasteiger partial charge is 0.399 e. The molecule has 0 radical (unpaired) electrons. The van der Waals surface area contributed by atoms with Crippen LogP contribution in [0.3, 0.4) is 0 Å². The monoisotopic (exact) mass is 218 g/mol. The number of hydrogen-bond donors (Lipinski definition) is 1. The zero-order valence-corrected chi connectivity index (χ0v) is 10.4. The fourth-order valence-corrected chi connectivity index (χ4v) is 2.71. The minimum atomic E-state index is 0.727. The summed E-state index contributed by atoms with van der Waals surface area (Å²) >= 11 is 0. The van der Waals surface area contributed by atoms with E-state index in [4.69, 9.17) is 5.73 Å². The minimum Gasteiger partial charge on any atom is -0.399 e. The van der Waals surface area contributed by atoms with Gasteiger partial charge < -0.3 is 10.6 Å². The van der Waals surface area contributed by atoms with E-state index >= 15 is 0 Å². The van der Waals surface area contributed by atoms with Crippen LogP contribution in [0, 0.1) is 6.92 Å². The second-order valence-corrected chi connectivity index (χ2v) is 5.05. The van der Waals surface area contributed by atoms with Gasteiger partial charge in [-0.05, 0) is 75.5 Å². The number of likely N-dealkylation sites (tertiary alicyclic amines) is 1. The number of nitrogens with zero attached hydrogens (tertiary/aromatic N) is 1. The summed E-state index contributed by atoms with van der Waals surface area (Å²) in [6.45, 7) is 4.64. The Morgan fingerprint density at radius 2 is 2.06 bits per heavy atom. The first-order chi connectivity index (χ1) is 7.66. The van der Waals surface area contributed by atoms with Crippen molar-refractivity contribution >= 4 is 5.69 Å². The lowest BCUT2D eigenvalue weighted by molar-refractivity contribution is 0.347.